The second-order valence-electron chi connectivity index (χ2n) is 3.92. The number of nitrogens with zero attached hydrogens (tertiary/aromatic N) is 2. The minimum absolute atomic E-state index is 0.153. The van der Waals surface area contributed by atoms with Crippen LogP contribution in [-0.4, -0.2) is 12.1 Å². The van der Waals surface area contributed by atoms with Crippen molar-refractivity contribution in [3.05, 3.63) is 45.2 Å². The Kier molecular flexibility index (Phi) is 4.72. The molecule has 1 aromatic carbocycles. The smallest absolute Gasteiger partial charge is 0.142 e. The fourth-order valence-corrected chi connectivity index (χ4v) is 2.63. The van der Waals surface area contributed by atoms with Crippen LogP contribution in [0.3, 0.4) is 0 Å². The molecule has 0 aliphatic carbocycles. The minimum atomic E-state index is 0.153. The second-order valence-corrected chi connectivity index (χ2v) is 5.11. The Balaban J connectivity index is 2.77. The number of pyridine rings is 1. The summed E-state index contributed by atoms with van der Waals surface area (Å²) in [5, 5.41) is 10.1. The third-order valence-electron chi connectivity index (χ3n) is 2.81. The highest BCUT2D eigenvalue weighted by molar-refractivity contribution is 6.46. The summed E-state index contributed by atoms with van der Waals surface area (Å²) in [5.74, 6) is 0.510. The van der Waals surface area contributed by atoms with E-state index in [4.69, 9.17) is 44.8 Å². The van der Waals surface area contributed by atoms with Crippen LogP contribution in [0.25, 0.3) is 11.1 Å². The van der Waals surface area contributed by atoms with E-state index < -0.39 is 0 Å². The van der Waals surface area contributed by atoms with Crippen molar-refractivity contribution in [1.29, 1.82) is 5.26 Å². The molecule has 0 atom stereocenters. The van der Waals surface area contributed by atoms with Gasteiger partial charge in [-0.2, -0.15) is 5.26 Å². The van der Waals surface area contributed by atoms with Gasteiger partial charge < -0.3 is 4.74 Å². The van der Waals surface area contributed by atoms with Crippen LogP contribution in [0.15, 0.2) is 24.5 Å². The highest BCUT2D eigenvalue weighted by atomic mass is 35.5. The fourth-order valence-electron chi connectivity index (χ4n) is 1.89. The number of ether oxygens (including phenoxy) is 1. The Hall–Kier alpha value is -1.47. The highest BCUT2D eigenvalue weighted by Gasteiger charge is 2.18. The largest absolute Gasteiger partial charge is 0.495 e. The monoisotopic (exact) mass is 326 g/mol. The Labute approximate surface area is 131 Å². The summed E-state index contributed by atoms with van der Waals surface area (Å²) >= 11 is 18.5. The zero-order chi connectivity index (χ0) is 14.7. The van der Waals surface area contributed by atoms with Crippen molar-refractivity contribution in [3.8, 4) is 22.9 Å². The van der Waals surface area contributed by atoms with Gasteiger partial charge in [0.2, 0.25) is 0 Å². The molecule has 2 rings (SSSR count). The second kappa shape index (κ2) is 6.32. The van der Waals surface area contributed by atoms with Crippen molar-refractivity contribution < 1.29 is 4.74 Å². The topological polar surface area (TPSA) is 45.9 Å². The van der Waals surface area contributed by atoms with Crippen LogP contribution in [-0.2, 0) is 6.42 Å². The summed E-state index contributed by atoms with van der Waals surface area (Å²) in [6.45, 7) is 0. The molecule has 0 saturated carbocycles. The Bertz CT molecular complexity index is 696. The van der Waals surface area contributed by atoms with E-state index in [2.05, 4.69) is 11.1 Å². The van der Waals surface area contributed by atoms with Gasteiger partial charge in [-0.25, -0.2) is 0 Å². The Morgan fingerprint density at radius 2 is 1.90 bits per heavy atom. The molecule has 0 spiro atoms. The molecular weight excluding hydrogens is 319 g/mol. The summed E-state index contributed by atoms with van der Waals surface area (Å²) in [5.41, 5.74) is 1.87. The number of hydrogen-bond acceptors (Lipinski definition) is 3. The van der Waals surface area contributed by atoms with E-state index in [1.54, 1.807) is 24.5 Å². The average Bonchev–Trinajstić information content (AvgIpc) is 2.45. The van der Waals surface area contributed by atoms with Crippen LogP contribution < -0.4 is 4.74 Å². The quantitative estimate of drug-likeness (QED) is 0.762. The third kappa shape index (κ3) is 2.69. The number of benzene rings is 1. The van der Waals surface area contributed by atoms with Gasteiger partial charge >= 0.3 is 0 Å². The Morgan fingerprint density at radius 1 is 1.20 bits per heavy atom. The van der Waals surface area contributed by atoms with Gasteiger partial charge in [-0.15, -0.1) is 0 Å². The number of hydrogen-bond donors (Lipinski definition) is 0. The third-order valence-corrected chi connectivity index (χ3v) is 3.93. The molecule has 0 unspecified atom stereocenters. The van der Waals surface area contributed by atoms with Crippen LogP contribution in [0, 0.1) is 11.3 Å². The van der Waals surface area contributed by atoms with Gasteiger partial charge in [0.25, 0.3) is 0 Å². The average molecular weight is 328 g/mol. The molecule has 0 aliphatic heterocycles. The summed E-state index contributed by atoms with van der Waals surface area (Å²) in [6.07, 6.45) is 3.29. The number of rotatable bonds is 3. The van der Waals surface area contributed by atoms with Gasteiger partial charge in [0, 0.05) is 22.9 Å². The van der Waals surface area contributed by atoms with E-state index in [1.165, 1.54) is 7.11 Å². The first-order valence-corrected chi connectivity index (χ1v) is 6.75. The zero-order valence-electron chi connectivity index (χ0n) is 10.5. The van der Waals surface area contributed by atoms with E-state index in [0.29, 0.717) is 37.5 Å². The van der Waals surface area contributed by atoms with Gasteiger partial charge in [-0.1, -0.05) is 34.8 Å². The lowest BCUT2D eigenvalue weighted by molar-refractivity contribution is 0.409. The molecule has 102 valence electrons. The summed E-state index contributed by atoms with van der Waals surface area (Å²) in [4.78, 5) is 4.09. The molecule has 0 amide bonds. The molecule has 1 aromatic heterocycles. The van der Waals surface area contributed by atoms with Crippen LogP contribution >= 0.6 is 34.8 Å². The molecule has 3 nitrogen and oxygen atoms in total. The molecule has 1 heterocycles. The van der Waals surface area contributed by atoms with Crippen LogP contribution in [0.1, 0.15) is 5.56 Å². The van der Waals surface area contributed by atoms with Crippen LogP contribution in [0.4, 0.5) is 0 Å². The first kappa shape index (κ1) is 14.9. The number of aromatic nitrogens is 1. The molecule has 2 aromatic rings. The van der Waals surface area contributed by atoms with Crippen LogP contribution in [0.2, 0.25) is 15.1 Å². The Morgan fingerprint density at radius 3 is 2.55 bits per heavy atom. The van der Waals surface area contributed by atoms with Crippen molar-refractivity contribution in [2.24, 2.45) is 0 Å². The SMILES string of the molecule is COc1cncc(-c2c(Cl)ccc(Cl)c2Cl)c1CC#N. The van der Waals surface area contributed by atoms with E-state index in [-0.39, 0.29) is 6.42 Å². The maximum absolute atomic E-state index is 8.99. The van der Waals surface area contributed by atoms with E-state index in [1.807, 2.05) is 0 Å². The maximum Gasteiger partial charge on any atom is 0.142 e. The molecule has 0 bridgehead atoms. The summed E-state index contributed by atoms with van der Waals surface area (Å²) in [6, 6.07) is 5.37. The summed E-state index contributed by atoms with van der Waals surface area (Å²) in [7, 11) is 1.52. The maximum atomic E-state index is 8.99. The van der Waals surface area contributed by atoms with Gasteiger partial charge in [-0.3, -0.25) is 4.98 Å². The predicted molar refractivity (Wildman–Crippen MR) is 80.6 cm³/mol. The number of methoxy groups -OCH3 is 1. The van der Waals surface area contributed by atoms with Gasteiger partial charge in [0.05, 0.1) is 40.9 Å². The molecule has 0 saturated heterocycles. The molecule has 0 radical (unpaired) electrons. The minimum Gasteiger partial charge on any atom is -0.495 e. The van der Waals surface area contributed by atoms with E-state index in [0.717, 1.165) is 0 Å². The summed E-state index contributed by atoms with van der Waals surface area (Å²) < 4.78 is 5.24. The lowest BCUT2D eigenvalue weighted by Gasteiger charge is -2.14. The molecule has 0 N–H and O–H groups in total. The van der Waals surface area contributed by atoms with Crippen molar-refractivity contribution in [3.63, 3.8) is 0 Å². The predicted octanol–water partition coefficient (Wildman–Crippen LogP) is 4.78. The number of halogens is 3. The molecule has 0 aliphatic rings. The fraction of sp³-hybridized carbons (Fsp3) is 0.143. The van der Waals surface area contributed by atoms with Crippen molar-refractivity contribution in [1.82, 2.24) is 4.98 Å². The van der Waals surface area contributed by atoms with Gasteiger partial charge in [-0.05, 0) is 12.1 Å². The van der Waals surface area contributed by atoms with Gasteiger partial charge in [0.1, 0.15) is 5.75 Å². The normalized spacial score (nSPS) is 10.2. The zero-order valence-corrected chi connectivity index (χ0v) is 12.7. The first-order chi connectivity index (χ1) is 9.60. The van der Waals surface area contributed by atoms with Crippen LogP contribution in [0.5, 0.6) is 5.75 Å². The van der Waals surface area contributed by atoms with Crippen molar-refractivity contribution in [2.75, 3.05) is 7.11 Å². The molecule has 0 fully saturated rings. The molecule has 6 heteroatoms. The standard InChI is InChI=1S/C14H9Cl3N2O/c1-20-12-7-19-6-9(8(12)4-5-18)13-10(15)2-3-11(16)14(13)17/h2-3,6-7H,4H2,1H3. The van der Waals surface area contributed by atoms with Gasteiger partial charge in [0.15, 0.2) is 0 Å². The first-order valence-electron chi connectivity index (χ1n) is 5.61. The molecular formula is C14H9Cl3N2O. The number of nitriles is 1. The highest BCUT2D eigenvalue weighted by Crippen LogP contribution is 2.41. The van der Waals surface area contributed by atoms with E-state index >= 15 is 0 Å². The molecule has 20 heavy (non-hydrogen) atoms. The van der Waals surface area contributed by atoms with Crippen molar-refractivity contribution >= 4 is 34.8 Å². The van der Waals surface area contributed by atoms with E-state index in [9.17, 15) is 0 Å². The lowest BCUT2D eigenvalue weighted by Crippen LogP contribution is -1.97. The lowest BCUT2D eigenvalue weighted by atomic mass is 9.99. The van der Waals surface area contributed by atoms with Crippen molar-refractivity contribution in [2.45, 2.75) is 6.42 Å².